The maximum atomic E-state index is 12.9. The van der Waals surface area contributed by atoms with Gasteiger partial charge in [-0.15, -0.1) is 0 Å². The molecule has 0 radical (unpaired) electrons. The van der Waals surface area contributed by atoms with E-state index in [9.17, 15) is 18.0 Å². The summed E-state index contributed by atoms with van der Waals surface area (Å²) in [5.74, 6) is -0.0879. The van der Waals surface area contributed by atoms with Gasteiger partial charge in [0.05, 0.1) is 6.26 Å². The molecule has 2 saturated heterocycles. The van der Waals surface area contributed by atoms with Crippen molar-refractivity contribution >= 4 is 39.2 Å². The molecule has 10 heteroatoms. The fourth-order valence-electron chi connectivity index (χ4n) is 3.80. The molecule has 0 spiro atoms. The molecule has 0 aromatic heterocycles. The van der Waals surface area contributed by atoms with Crippen molar-refractivity contribution in [3.05, 3.63) is 29.3 Å². The monoisotopic (exact) mass is 442 g/mol. The van der Waals surface area contributed by atoms with Crippen LogP contribution in [0.5, 0.6) is 0 Å². The Hall–Kier alpha value is -1.84. The molecule has 160 valence electrons. The molecule has 2 fully saturated rings. The van der Waals surface area contributed by atoms with Gasteiger partial charge in [-0.05, 0) is 37.5 Å². The van der Waals surface area contributed by atoms with E-state index in [1.54, 1.807) is 29.2 Å². The second-order valence-corrected chi connectivity index (χ2v) is 9.96. The van der Waals surface area contributed by atoms with Crippen molar-refractivity contribution in [2.24, 2.45) is 5.92 Å². The molecule has 1 aromatic carbocycles. The molecule has 3 amide bonds. The molecule has 2 aliphatic rings. The van der Waals surface area contributed by atoms with E-state index in [1.807, 2.05) is 4.90 Å². The van der Waals surface area contributed by atoms with Crippen LogP contribution >= 0.6 is 11.6 Å². The van der Waals surface area contributed by atoms with Crippen LogP contribution in [0.3, 0.4) is 0 Å². The molecule has 0 atom stereocenters. The molecule has 0 aliphatic carbocycles. The van der Waals surface area contributed by atoms with Crippen molar-refractivity contribution < 1.29 is 18.0 Å². The zero-order valence-corrected chi connectivity index (χ0v) is 18.1. The van der Waals surface area contributed by atoms with Gasteiger partial charge in [0.15, 0.2) is 0 Å². The molecule has 2 aliphatic heterocycles. The quantitative estimate of drug-likeness (QED) is 0.775. The third-order valence-electron chi connectivity index (χ3n) is 5.44. The van der Waals surface area contributed by atoms with Crippen LogP contribution in [0.15, 0.2) is 24.3 Å². The summed E-state index contributed by atoms with van der Waals surface area (Å²) in [6.45, 7) is 2.89. The number of piperidine rings is 1. The predicted octanol–water partition coefficient (Wildman–Crippen LogP) is 2.08. The van der Waals surface area contributed by atoms with E-state index in [1.165, 1.54) is 10.6 Å². The van der Waals surface area contributed by atoms with E-state index in [-0.39, 0.29) is 17.9 Å². The first kappa shape index (κ1) is 21.9. The van der Waals surface area contributed by atoms with E-state index in [0.717, 1.165) is 0 Å². The highest BCUT2D eigenvalue weighted by atomic mass is 35.5. The zero-order chi connectivity index (χ0) is 21.0. The Kier molecular flexibility index (Phi) is 7.02. The van der Waals surface area contributed by atoms with Crippen molar-refractivity contribution in [3.8, 4) is 0 Å². The van der Waals surface area contributed by atoms with Crippen molar-refractivity contribution in [2.75, 3.05) is 50.8 Å². The zero-order valence-electron chi connectivity index (χ0n) is 16.5. The Labute approximate surface area is 176 Å². The standard InChI is InChI=1S/C19H27ClN4O4S/c1-29(27,28)24-10-6-15(7-11-24)18(25)22-8-3-9-23(13-12-22)19(26)21-17-5-2-4-16(20)14-17/h2,4-5,14-15H,3,6-13H2,1H3,(H,21,26). The highest BCUT2D eigenvalue weighted by molar-refractivity contribution is 7.88. The van der Waals surface area contributed by atoms with Gasteiger partial charge < -0.3 is 15.1 Å². The number of hydrogen-bond acceptors (Lipinski definition) is 4. The van der Waals surface area contributed by atoms with E-state index < -0.39 is 10.0 Å². The Bertz CT molecular complexity index is 856. The van der Waals surface area contributed by atoms with E-state index in [0.29, 0.717) is 69.2 Å². The van der Waals surface area contributed by atoms with Gasteiger partial charge in [-0.1, -0.05) is 17.7 Å². The predicted molar refractivity (Wildman–Crippen MR) is 112 cm³/mol. The smallest absolute Gasteiger partial charge is 0.321 e. The van der Waals surface area contributed by atoms with Crippen LogP contribution in [0.4, 0.5) is 10.5 Å². The van der Waals surface area contributed by atoms with Crippen molar-refractivity contribution in [1.29, 1.82) is 0 Å². The first-order valence-corrected chi connectivity index (χ1v) is 12.0. The molecule has 0 unspecified atom stereocenters. The Balaban J connectivity index is 1.51. The van der Waals surface area contributed by atoms with Crippen molar-refractivity contribution in [1.82, 2.24) is 14.1 Å². The van der Waals surface area contributed by atoms with E-state index in [4.69, 9.17) is 11.6 Å². The molecule has 1 N–H and O–H groups in total. The Morgan fingerprint density at radius 1 is 1.03 bits per heavy atom. The lowest BCUT2D eigenvalue weighted by Gasteiger charge is -2.32. The summed E-state index contributed by atoms with van der Waals surface area (Å²) >= 11 is 5.96. The van der Waals surface area contributed by atoms with Crippen LogP contribution in [-0.4, -0.2) is 80.0 Å². The van der Waals surface area contributed by atoms with Crippen molar-refractivity contribution in [2.45, 2.75) is 19.3 Å². The average molecular weight is 443 g/mol. The van der Waals surface area contributed by atoms with Crippen LogP contribution < -0.4 is 5.32 Å². The van der Waals surface area contributed by atoms with Crippen molar-refractivity contribution in [3.63, 3.8) is 0 Å². The van der Waals surface area contributed by atoms with Crippen LogP contribution in [0, 0.1) is 5.92 Å². The first-order chi connectivity index (χ1) is 13.7. The van der Waals surface area contributed by atoms with Gasteiger partial charge >= 0.3 is 6.03 Å². The van der Waals surface area contributed by atoms with Crippen LogP contribution in [0.2, 0.25) is 5.02 Å². The molecular formula is C19H27ClN4O4S. The summed E-state index contributed by atoms with van der Waals surface area (Å²) in [5, 5.41) is 3.40. The number of rotatable bonds is 3. The topological polar surface area (TPSA) is 90.0 Å². The third-order valence-corrected chi connectivity index (χ3v) is 6.98. The summed E-state index contributed by atoms with van der Waals surface area (Å²) in [5.41, 5.74) is 0.636. The number of benzene rings is 1. The number of nitrogens with one attached hydrogen (secondary N) is 1. The number of carbonyl (C=O) groups is 2. The minimum absolute atomic E-state index is 0.0650. The summed E-state index contributed by atoms with van der Waals surface area (Å²) in [6.07, 6.45) is 2.99. The molecule has 3 rings (SSSR count). The van der Waals surface area contributed by atoms with Gasteiger partial charge in [0.2, 0.25) is 15.9 Å². The fourth-order valence-corrected chi connectivity index (χ4v) is 4.87. The van der Waals surface area contributed by atoms with Gasteiger partial charge in [0.1, 0.15) is 0 Å². The van der Waals surface area contributed by atoms with Gasteiger partial charge in [0.25, 0.3) is 0 Å². The minimum atomic E-state index is -3.20. The Morgan fingerprint density at radius 3 is 2.34 bits per heavy atom. The molecule has 1 aromatic rings. The lowest BCUT2D eigenvalue weighted by molar-refractivity contribution is -0.136. The Morgan fingerprint density at radius 2 is 1.69 bits per heavy atom. The molecular weight excluding hydrogens is 416 g/mol. The second-order valence-electron chi connectivity index (χ2n) is 7.54. The SMILES string of the molecule is CS(=O)(=O)N1CCC(C(=O)N2CCCN(C(=O)Nc3cccc(Cl)c3)CC2)CC1. The maximum Gasteiger partial charge on any atom is 0.321 e. The van der Waals surface area contributed by atoms with Gasteiger partial charge in [-0.2, -0.15) is 0 Å². The van der Waals surface area contributed by atoms with Gasteiger partial charge in [0, 0.05) is 55.9 Å². The fraction of sp³-hybridized carbons (Fsp3) is 0.579. The normalized spacial score (nSPS) is 19.7. The number of urea groups is 1. The maximum absolute atomic E-state index is 12.9. The highest BCUT2D eigenvalue weighted by Crippen LogP contribution is 2.22. The molecule has 2 heterocycles. The van der Waals surface area contributed by atoms with Crippen LogP contribution in [0.1, 0.15) is 19.3 Å². The molecule has 0 saturated carbocycles. The minimum Gasteiger partial charge on any atom is -0.341 e. The lowest BCUT2D eigenvalue weighted by Crippen LogP contribution is -2.45. The number of amides is 3. The number of hydrogen-bond donors (Lipinski definition) is 1. The summed E-state index contributed by atoms with van der Waals surface area (Å²) < 4.78 is 24.7. The van der Waals surface area contributed by atoms with Crippen LogP contribution in [-0.2, 0) is 14.8 Å². The first-order valence-electron chi connectivity index (χ1n) is 9.79. The summed E-state index contributed by atoms with van der Waals surface area (Å²) in [7, 11) is -3.20. The average Bonchev–Trinajstić information content (AvgIpc) is 2.93. The number of anilines is 1. The third kappa shape index (κ3) is 5.83. The molecule has 8 nitrogen and oxygen atoms in total. The largest absolute Gasteiger partial charge is 0.341 e. The lowest BCUT2D eigenvalue weighted by atomic mass is 9.96. The number of sulfonamides is 1. The van der Waals surface area contributed by atoms with Gasteiger partial charge in [-0.3, -0.25) is 4.79 Å². The van der Waals surface area contributed by atoms with Crippen LogP contribution in [0.25, 0.3) is 0 Å². The van der Waals surface area contributed by atoms with E-state index >= 15 is 0 Å². The summed E-state index contributed by atoms with van der Waals surface area (Å²) in [6, 6.07) is 6.78. The second kappa shape index (κ2) is 9.32. The number of halogens is 1. The number of nitrogens with zero attached hydrogens (tertiary/aromatic N) is 3. The molecule has 29 heavy (non-hydrogen) atoms. The highest BCUT2D eigenvalue weighted by Gasteiger charge is 2.32. The number of carbonyl (C=O) groups excluding carboxylic acids is 2. The summed E-state index contributed by atoms with van der Waals surface area (Å²) in [4.78, 5) is 29.0. The van der Waals surface area contributed by atoms with Gasteiger partial charge in [-0.25, -0.2) is 17.5 Å². The van der Waals surface area contributed by atoms with E-state index in [2.05, 4.69) is 5.32 Å². The molecule has 0 bridgehead atoms.